The molecule has 5 heteroatoms. The molecule has 0 saturated heterocycles. The van der Waals surface area contributed by atoms with Crippen LogP contribution in [0.25, 0.3) is 0 Å². The summed E-state index contributed by atoms with van der Waals surface area (Å²) >= 11 is 3.37. The van der Waals surface area contributed by atoms with Crippen molar-refractivity contribution in [2.45, 2.75) is 17.9 Å². The highest BCUT2D eigenvalue weighted by Crippen LogP contribution is 2.46. The van der Waals surface area contributed by atoms with Crippen LogP contribution in [0.2, 0.25) is 0 Å². The van der Waals surface area contributed by atoms with Gasteiger partial charge in [0.25, 0.3) is 0 Å². The van der Waals surface area contributed by atoms with Crippen LogP contribution in [0.1, 0.15) is 28.3 Å². The Morgan fingerprint density at radius 2 is 2.04 bits per heavy atom. The number of rotatable bonds is 5. The third-order valence-electron chi connectivity index (χ3n) is 4.39. The molecule has 0 unspecified atom stereocenters. The normalized spacial score (nSPS) is 19.7. The second kappa shape index (κ2) is 6.84. The minimum Gasteiger partial charge on any atom is -0.477 e. The number of hydrogen-bond acceptors (Lipinski definition) is 4. The standard InChI is InChI=1S/C20H17BrO4/c1-3-16(13-7-5-4-6-8-13)20(12-18(22)24-2)19(23)15-11-14(21)9-10-17(15)25-20/h3-11,16H,1,12H2,2H3/t16-,20-/m1/s1. The lowest BCUT2D eigenvalue weighted by molar-refractivity contribution is -0.144. The van der Waals surface area contributed by atoms with Crippen LogP contribution in [-0.2, 0) is 9.53 Å². The number of methoxy groups -OCH3 is 1. The lowest BCUT2D eigenvalue weighted by Gasteiger charge is -2.33. The molecule has 0 bridgehead atoms. The van der Waals surface area contributed by atoms with Crippen LogP contribution in [0.15, 0.2) is 65.7 Å². The monoisotopic (exact) mass is 400 g/mol. The van der Waals surface area contributed by atoms with E-state index in [9.17, 15) is 9.59 Å². The lowest BCUT2D eigenvalue weighted by atomic mass is 9.76. The molecule has 0 fully saturated rings. The van der Waals surface area contributed by atoms with Gasteiger partial charge in [0.1, 0.15) is 5.75 Å². The first-order valence-electron chi connectivity index (χ1n) is 7.79. The molecule has 2 aromatic rings. The summed E-state index contributed by atoms with van der Waals surface area (Å²) in [5.74, 6) is -0.794. The highest BCUT2D eigenvalue weighted by molar-refractivity contribution is 9.10. The number of Topliss-reactive ketones (excluding diaryl/α,β-unsaturated/α-hetero) is 1. The molecule has 0 aromatic heterocycles. The number of benzene rings is 2. The quantitative estimate of drug-likeness (QED) is 0.554. The van der Waals surface area contributed by atoms with Crippen molar-refractivity contribution in [2.24, 2.45) is 0 Å². The smallest absolute Gasteiger partial charge is 0.310 e. The van der Waals surface area contributed by atoms with Crippen LogP contribution in [0.4, 0.5) is 0 Å². The molecule has 1 aliphatic heterocycles. The van der Waals surface area contributed by atoms with E-state index >= 15 is 0 Å². The fourth-order valence-corrected chi connectivity index (χ4v) is 3.57. The molecular weight excluding hydrogens is 384 g/mol. The SMILES string of the molecule is C=C[C@H](c1ccccc1)[C@@]1(CC(=O)OC)Oc2ccc(Br)cc2C1=O. The van der Waals surface area contributed by atoms with Crippen molar-refractivity contribution < 1.29 is 19.1 Å². The van der Waals surface area contributed by atoms with E-state index < -0.39 is 17.5 Å². The van der Waals surface area contributed by atoms with Gasteiger partial charge in [-0.3, -0.25) is 9.59 Å². The first-order chi connectivity index (χ1) is 12.0. The summed E-state index contributed by atoms with van der Waals surface area (Å²) in [4.78, 5) is 25.4. The maximum atomic E-state index is 13.3. The predicted molar refractivity (Wildman–Crippen MR) is 97.8 cm³/mol. The predicted octanol–water partition coefficient (Wildman–Crippen LogP) is 4.30. The van der Waals surface area contributed by atoms with Crippen LogP contribution in [0.5, 0.6) is 5.75 Å². The van der Waals surface area contributed by atoms with Gasteiger partial charge in [-0.05, 0) is 23.8 Å². The molecule has 1 aliphatic rings. The second-order valence-electron chi connectivity index (χ2n) is 5.84. The number of fused-ring (bicyclic) bond motifs is 1. The van der Waals surface area contributed by atoms with Crippen molar-refractivity contribution in [3.8, 4) is 5.75 Å². The van der Waals surface area contributed by atoms with Crippen LogP contribution < -0.4 is 4.74 Å². The zero-order valence-electron chi connectivity index (χ0n) is 13.7. The van der Waals surface area contributed by atoms with Gasteiger partial charge in [0.15, 0.2) is 5.60 Å². The van der Waals surface area contributed by atoms with Gasteiger partial charge in [-0.1, -0.05) is 52.3 Å². The van der Waals surface area contributed by atoms with Gasteiger partial charge >= 0.3 is 5.97 Å². The number of carbonyl (C=O) groups is 2. The Morgan fingerprint density at radius 3 is 2.68 bits per heavy atom. The maximum Gasteiger partial charge on any atom is 0.310 e. The van der Waals surface area contributed by atoms with E-state index in [0.29, 0.717) is 11.3 Å². The summed E-state index contributed by atoms with van der Waals surface area (Å²) in [5, 5.41) is 0. The second-order valence-corrected chi connectivity index (χ2v) is 6.75. The van der Waals surface area contributed by atoms with Crippen LogP contribution in [-0.4, -0.2) is 24.5 Å². The molecule has 128 valence electrons. The van der Waals surface area contributed by atoms with E-state index in [4.69, 9.17) is 9.47 Å². The summed E-state index contributed by atoms with van der Waals surface area (Å²) in [6, 6.07) is 14.7. The zero-order valence-corrected chi connectivity index (χ0v) is 15.3. The molecular formula is C20H17BrO4. The fraction of sp³-hybridized carbons (Fsp3) is 0.200. The minimum absolute atomic E-state index is 0.194. The Labute approximate surface area is 154 Å². The maximum absolute atomic E-state index is 13.3. The molecule has 1 heterocycles. The lowest BCUT2D eigenvalue weighted by Crippen LogP contribution is -2.47. The Morgan fingerprint density at radius 1 is 1.32 bits per heavy atom. The Kier molecular flexibility index (Phi) is 4.77. The van der Waals surface area contributed by atoms with E-state index in [-0.39, 0.29) is 12.2 Å². The van der Waals surface area contributed by atoms with E-state index in [1.807, 2.05) is 30.3 Å². The molecule has 25 heavy (non-hydrogen) atoms. The number of esters is 1. The first-order valence-corrected chi connectivity index (χ1v) is 8.59. The molecule has 0 N–H and O–H groups in total. The van der Waals surface area contributed by atoms with E-state index in [1.54, 1.807) is 24.3 Å². The molecule has 4 nitrogen and oxygen atoms in total. The summed E-state index contributed by atoms with van der Waals surface area (Å²) in [7, 11) is 1.30. The van der Waals surface area contributed by atoms with Crippen LogP contribution in [0.3, 0.4) is 0 Å². The van der Waals surface area contributed by atoms with Crippen molar-refractivity contribution in [3.63, 3.8) is 0 Å². The molecule has 0 spiro atoms. The topological polar surface area (TPSA) is 52.6 Å². The van der Waals surface area contributed by atoms with Crippen molar-refractivity contribution in [2.75, 3.05) is 7.11 Å². The van der Waals surface area contributed by atoms with E-state index in [0.717, 1.165) is 10.0 Å². The highest BCUT2D eigenvalue weighted by Gasteiger charge is 2.54. The first kappa shape index (κ1) is 17.4. The molecule has 0 aliphatic carbocycles. The summed E-state index contributed by atoms with van der Waals surface area (Å²) in [5.41, 5.74) is -0.109. The molecule has 3 rings (SSSR count). The zero-order chi connectivity index (χ0) is 18.0. The largest absolute Gasteiger partial charge is 0.477 e. The number of carbonyl (C=O) groups excluding carboxylic acids is 2. The number of halogens is 1. The van der Waals surface area contributed by atoms with E-state index in [1.165, 1.54) is 7.11 Å². The van der Waals surface area contributed by atoms with E-state index in [2.05, 4.69) is 22.5 Å². The van der Waals surface area contributed by atoms with Crippen LogP contribution in [0, 0.1) is 0 Å². The van der Waals surface area contributed by atoms with Gasteiger partial charge in [0.05, 0.1) is 19.1 Å². The van der Waals surface area contributed by atoms with Crippen molar-refractivity contribution in [1.29, 1.82) is 0 Å². The Hall–Kier alpha value is -2.40. The molecule has 2 atom stereocenters. The van der Waals surface area contributed by atoms with Crippen molar-refractivity contribution in [3.05, 3.63) is 76.8 Å². The summed E-state index contributed by atoms with van der Waals surface area (Å²) in [6.45, 7) is 3.88. The third kappa shape index (κ3) is 3.00. The minimum atomic E-state index is -1.40. The van der Waals surface area contributed by atoms with Crippen LogP contribution >= 0.6 is 15.9 Å². The van der Waals surface area contributed by atoms with Gasteiger partial charge in [-0.25, -0.2) is 0 Å². The number of ether oxygens (including phenoxy) is 2. The average molecular weight is 401 g/mol. The summed E-state index contributed by atoms with van der Waals surface area (Å²) < 4.78 is 11.7. The van der Waals surface area contributed by atoms with Gasteiger partial charge in [-0.2, -0.15) is 0 Å². The van der Waals surface area contributed by atoms with Crippen molar-refractivity contribution >= 4 is 27.7 Å². The number of hydrogen-bond donors (Lipinski definition) is 0. The van der Waals surface area contributed by atoms with Gasteiger partial charge in [-0.15, -0.1) is 6.58 Å². The number of ketones is 1. The molecule has 0 radical (unpaired) electrons. The van der Waals surface area contributed by atoms with Gasteiger partial charge in [0, 0.05) is 10.4 Å². The summed E-state index contributed by atoms with van der Waals surface area (Å²) in [6.07, 6.45) is 1.46. The Balaban J connectivity index is 2.14. The van der Waals surface area contributed by atoms with Gasteiger partial charge in [0.2, 0.25) is 5.78 Å². The Bertz CT molecular complexity index is 831. The average Bonchev–Trinajstić information content (AvgIpc) is 2.89. The molecule has 2 aromatic carbocycles. The third-order valence-corrected chi connectivity index (χ3v) is 4.89. The van der Waals surface area contributed by atoms with Crippen molar-refractivity contribution in [1.82, 2.24) is 0 Å². The highest BCUT2D eigenvalue weighted by atomic mass is 79.9. The fourth-order valence-electron chi connectivity index (χ4n) is 3.21. The molecule has 0 amide bonds. The molecule has 0 saturated carbocycles. The van der Waals surface area contributed by atoms with Gasteiger partial charge < -0.3 is 9.47 Å².